The van der Waals surface area contributed by atoms with Crippen LogP contribution in [0.25, 0.3) is 0 Å². The molecule has 0 atom stereocenters. The molecule has 0 aliphatic rings. The Morgan fingerprint density at radius 2 is 1.92 bits per heavy atom. The Bertz CT molecular complexity index is 941. The zero-order chi connectivity index (χ0) is 18.0. The molecule has 2 N–H and O–H groups in total. The van der Waals surface area contributed by atoms with Crippen LogP contribution >= 0.6 is 22.9 Å². The highest BCUT2D eigenvalue weighted by atomic mass is 35.5. The lowest BCUT2D eigenvalue weighted by Gasteiger charge is -2.08. The lowest BCUT2D eigenvalue weighted by molar-refractivity contribution is 0.587. The minimum absolute atomic E-state index is 0.0606. The van der Waals surface area contributed by atoms with E-state index >= 15 is 0 Å². The molecule has 0 saturated heterocycles. The minimum Gasteiger partial charge on any atom is -0.253 e. The molecule has 2 aromatic rings. The van der Waals surface area contributed by atoms with Crippen LogP contribution in [0.1, 0.15) is 10.6 Å². The van der Waals surface area contributed by atoms with Gasteiger partial charge in [-0.15, -0.1) is 10.2 Å². The normalized spacial score (nSPS) is 12.3. The standard InChI is InChI=1S/C12H15ClN4O4S3/c1-8-9(13)4-3-5-10(8)24(20,21)17-12-16-15-11(22-12)6-7-14-23(2,18)19/h3-5,14H,6-7H2,1-2H3,(H,16,17). The maximum Gasteiger partial charge on any atom is 0.264 e. The van der Waals surface area contributed by atoms with E-state index < -0.39 is 20.0 Å². The Kier molecular flexibility index (Phi) is 5.81. The van der Waals surface area contributed by atoms with Gasteiger partial charge in [-0.25, -0.2) is 21.6 Å². The van der Waals surface area contributed by atoms with Gasteiger partial charge in [-0.2, -0.15) is 0 Å². The summed E-state index contributed by atoms with van der Waals surface area (Å²) < 4.78 is 51.5. The SMILES string of the molecule is Cc1c(Cl)cccc1S(=O)(=O)Nc1nnc(CCNS(C)(=O)=O)s1. The second-order valence-electron chi connectivity index (χ2n) is 4.89. The molecule has 12 heteroatoms. The van der Waals surface area contributed by atoms with E-state index in [2.05, 4.69) is 19.6 Å². The van der Waals surface area contributed by atoms with Gasteiger partial charge in [-0.05, 0) is 24.6 Å². The Hall–Kier alpha value is -1.27. The second kappa shape index (κ2) is 7.31. The number of nitrogens with zero attached hydrogens (tertiary/aromatic N) is 2. The van der Waals surface area contributed by atoms with Crippen LogP contribution in [0.2, 0.25) is 5.02 Å². The number of anilines is 1. The monoisotopic (exact) mass is 410 g/mol. The fourth-order valence-corrected chi connectivity index (χ4v) is 4.73. The van der Waals surface area contributed by atoms with Crippen molar-refractivity contribution in [3.8, 4) is 0 Å². The summed E-state index contributed by atoms with van der Waals surface area (Å²) in [5, 5.41) is 8.55. The molecule has 1 aromatic heterocycles. The number of hydrogen-bond donors (Lipinski definition) is 2. The van der Waals surface area contributed by atoms with Crippen molar-refractivity contribution in [2.24, 2.45) is 0 Å². The van der Waals surface area contributed by atoms with Gasteiger partial charge >= 0.3 is 0 Å². The maximum absolute atomic E-state index is 12.4. The van der Waals surface area contributed by atoms with Crippen LogP contribution in [0.5, 0.6) is 0 Å². The van der Waals surface area contributed by atoms with Crippen LogP contribution in [-0.4, -0.2) is 39.8 Å². The Balaban J connectivity index is 2.10. The van der Waals surface area contributed by atoms with Crippen molar-refractivity contribution in [3.63, 3.8) is 0 Å². The molecule has 0 radical (unpaired) electrons. The van der Waals surface area contributed by atoms with Gasteiger partial charge in [0.05, 0.1) is 11.2 Å². The average molecular weight is 411 g/mol. The van der Waals surface area contributed by atoms with Gasteiger partial charge in [-0.3, -0.25) is 4.72 Å². The van der Waals surface area contributed by atoms with E-state index in [0.29, 0.717) is 22.0 Å². The third-order valence-corrected chi connectivity index (χ3v) is 6.55. The van der Waals surface area contributed by atoms with Gasteiger partial charge in [-0.1, -0.05) is 29.0 Å². The molecule has 1 heterocycles. The van der Waals surface area contributed by atoms with E-state index in [9.17, 15) is 16.8 Å². The summed E-state index contributed by atoms with van der Waals surface area (Å²) in [5.41, 5.74) is 0.439. The molecule has 0 saturated carbocycles. The average Bonchev–Trinajstić information content (AvgIpc) is 2.87. The molecule has 0 fully saturated rings. The summed E-state index contributed by atoms with van der Waals surface area (Å²) in [6, 6.07) is 4.60. The summed E-state index contributed by atoms with van der Waals surface area (Å²) in [4.78, 5) is 0.0606. The predicted octanol–water partition coefficient (Wildman–Crippen LogP) is 1.39. The molecular weight excluding hydrogens is 396 g/mol. The van der Waals surface area contributed by atoms with Gasteiger partial charge in [0.15, 0.2) is 0 Å². The molecule has 0 unspecified atom stereocenters. The van der Waals surface area contributed by atoms with Crippen molar-refractivity contribution >= 4 is 48.1 Å². The third-order valence-electron chi connectivity index (χ3n) is 2.90. The quantitative estimate of drug-likeness (QED) is 0.712. The van der Waals surface area contributed by atoms with Gasteiger partial charge < -0.3 is 0 Å². The van der Waals surface area contributed by atoms with E-state index in [1.165, 1.54) is 6.07 Å². The van der Waals surface area contributed by atoms with Crippen LogP contribution in [-0.2, 0) is 26.5 Å². The van der Waals surface area contributed by atoms with Crippen LogP contribution in [0, 0.1) is 6.92 Å². The molecule has 2 rings (SSSR count). The summed E-state index contributed by atoms with van der Waals surface area (Å²) in [6.45, 7) is 1.77. The topological polar surface area (TPSA) is 118 Å². The van der Waals surface area contributed by atoms with Crippen LogP contribution in [0.4, 0.5) is 5.13 Å². The molecule has 0 aliphatic heterocycles. The van der Waals surface area contributed by atoms with Crippen LogP contribution < -0.4 is 9.44 Å². The van der Waals surface area contributed by atoms with Crippen molar-refractivity contribution in [2.45, 2.75) is 18.2 Å². The third kappa shape index (κ3) is 5.11. The number of hydrogen-bond acceptors (Lipinski definition) is 7. The zero-order valence-corrected chi connectivity index (χ0v) is 16.0. The first-order chi connectivity index (χ1) is 11.1. The summed E-state index contributed by atoms with van der Waals surface area (Å²) in [6.07, 6.45) is 1.36. The summed E-state index contributed by atoms with van der Waals surface area (Å²) >= 11 is 6.98. The first kappa shape index (κ1) is 19.1. The smallest absolute Gasteiger partial charge is 0.253 e. The minimum atomic E-state index is -3.83. The van der Waals surface area contributed by atoms with Crippen molar-refractivity contribution in [3.05, 3.63) is 33.8 Å². The fourth-order valence-electron chi connectivity index (χ4n) is 1.79. The number of rotatable bonds is 7. The molecule has 0 amide bonds. The highest BCUT2D eigenvalue weighted by Crippen LogP contribution is 2.25. The van der Waals surface area contributed by atoms with Gasteiger partial charge in [0.2, 0.25) is 15.2 Å². The van der Waals surface area contributed by atoms with Crippen molar-refractivity contribution < 1.29 is 16.8 Å². The van der Waals surface area contributed by atoms with E-state index in [1.54, 1.807) is 19.1 Å². The first-order valence-corrected chi connectivity index (χ1v) is 11.2. The summed E-state index contributed by atoms with van der Waals surface area (Å²) in [5.74, 6) is 0. The van der Waals surface area contributed by atoms with E-state index in [0.717, 1.165) is 17.6 Å². The predicted molar refractivity (Wildman–Crippen MR) is 93.5 cm³/mol. The molecule has 0 spiro atoms. The number of halogens is 1. The molecule has 0 bridgehead atoms. The van der Waals surface area contributed by atoms with Crippen LogP contribution in [0.3, 0.4) is 0 Å². The largest absolute Gasteiger partial charge is 0.264 e. The van der Waals surface area contributed by atoms with Crippen molar-refractivity contribution in [2.75, 3.05) is 17.5 Å². The number of benzene rings is 1. The van der Waals surface area contributed by atoms with Gasteiger partial charge in [0, 0.05) is 18.0 Å². The number of nitrogens with one attached hydrogen (secondary N) is 2. The fraction of sp³-hybridized carbons (Fsp3) is 0.333. The molecule has 132 valence electrons. The molecule has 1 aromatic carbocycles. The van der Waals surface area contributed by atoms with Gasteiger partial charge in [0.25, 0.3) is 10.0 Å². The van der Waals surface area contributed by atoms with Gasteiger partial charge in [0.1, 0.15) is 5.01 Å². The lowest BCUT2D eigenvalue weighted by Crippen LogP contribution is -2.24. The number of aromatic nitrogens is 2. The zero-order valence-electron chi connectivity index (χ0n) is 12.8. The highest BCUT2D eigenvalue weighted by Gasteiger charge is 2.20. The van der Waals surface area contributed by atoms with E-state index in [1.807, 2.05) is 0 Å². The summed E-state index contributed by atoms with van der Waals surface area (Å²) in [7, 11) is -7.11. The highest BCUT2D eigenvalue weighted by molar-refractivity contribution is 7.93. The van der Waals surface area contributed by atoms with Crippen molar-refractivity contribution in [1.29, 1.82) is 0 Å². The lowest BCUT2D eigenvalue weighted by atomic mass is 10.2. The van der Waals surface area contributed by atoms with E-state index in [4.69, 9.17) is 11.6 Å². The van der Waals surface area contributed by atoms with Crippen LogP contribution in [0.15, 0.2) is 23.1 Å². The Labute approximate surface area is 149 Å². The molecule has 24 heavy (non-hydrogen) atoms. The Morgan fingerprint density at radius 1 is 1.21 bits per heavy atom. The maximum atomic E-state index is 12.4. The molecule has 8 nitrogen and oxygen atoms in total. The first-order valence-electron chi connectivity index (χ1n) is 6.63. The second-order valence-corrected chi connectivity index (χ2v) is 9.84. The van der Waals surface area contributed by atoms with Crippen molar-refractivity contribution in [1.82, 2.24) is 14.9 Å². The Morgan fingerprint density at radius 3 is 2.58 bits per heavy atom. The molecule has 0 aliphatic carbocycles. The number of sulfonamides is 2. The van der Waals surface area contributed by atoms with E-state index in [-0.39, 0.29) is 16.6 Å². The molecular formula is C12H15ClN4O4S3.